The van der Waals surface area contributed by atoms with Gasteiger partial charge in [0.25, 0.3) is 5.91 Å². The van der Waals surface area contributed by atoms with Crippen LogP contribution in [0.1, 0.15) is 31.9 Å². The van der Waals surface area contributed by atoms with E-state index in [1.807, 2.05) is 51.1 Å². The number of carbonyl (C=O) groups excluding carboxylic acids is 1. The molecule has 0 bridgehead atoms. The van der Waals surface area contributed by atoms with Crippen molar-refractivity contribution in [1.82, 2.24) is 4.90 Å². The minimum atomic E-state index is -0.0300. The molecule has 1 fully saturated rings. The van der Waals surface area contributed by atoms with E-state index in [2.05, 4.69) is 4.99 Å². The quantitative estimate of drug-likeness (QED) is 0.418. The first-order valence-corrected chi connectivity index (χ1v) is 11.6. The van der Waals surface area contributed by atoms with Crippen LogP contribution in [-0.2, 0) is 11.4 Å². The van der Waals surface area contributed by atoms with Gasteiger partial charge < -0.3 is 9.47 Å². The maximum absolute atomic E-state index is 12.7. The average Bonchev–Trinajstić information content (AvgIpc) is 3.04. The minimum absolute atomic E-state index is 0.0300. The predicted molar refractivity (Wildman–Crippen MR) is 129 cm³/mol. The molecule has 0 spiro atoms. The number of hydrogen-bond acceptors (Lipinski definition) is 5. The Bertz CT molecular complexity index is 1020. The number of amidine groups is 1. The molecule has 0 atom stereocenters. The highest BCUT2D eigenvalue weighted by Crippen LogP contribution is 2.35. The lowest BCUT2D eigenvalue weighted by Gasteiger charge is -2.13. The normalized spacial score (nSPS) is 16.4. The Morgan fingerprint density at radius 1 is 1.03 bits per heavy atom. The van der Waals surface area contributed by atoms with E-state index >= 15 is 0 Å². The molecule has 1 heterocycles. The lowest BCUT2D eigenvalue weighted by molar-refractivity contribution is -0.122. The molecular weight excluding hydrogens is 455 g/mol. The van der Waals surface area contributed by atoms with Crippen LogP contribution in [0.15, 0.2) is 46.3 Å². The SMILES string of the molecule is CCN=C1S/C(=C/c2ccc(OCc3ccc(Cl)c(Cl)c3)c(OCC)c2)C(=O)N1CC. The summed E-state index contributed by atoms with van der Waals surface area (Å²) >= 11 is 13.4. The molecule has 0 aromatic heterocycles. The summed E-state index contributed by atoms with van der Waals surface area (Å²) in [6, 6.07) is 11.0. The van der Waals surface area contributed by atoms with Gasteiger partial charge in [-0.05, 0) is 74.0 Å². The number of nitrogens with zero attached hydrogens (tertiary/aromatic N) is 2. The predicted octanol–water partition coefficient (Wildman–Crippen LogP) is 6.28. The zero-order valence-electron chi connectivity index (χ0n) is 17.7. The molecule has 31 heavy (non-hydrogen) atoms. The second-order valence-corrected chi connectivity index (χ2v) is 8.42. The van der Waals surface area contributed by atoms with Gasteiger partial charge >= 0.3 is 0 Å². The van der Waals surface area contributed by atoms with Crippen LogP contribution in [0.5, 0.6) is 11.5 Å². The van der Waals surface area contributed by atoms with Gasteiger partial charge in [-0.2, -0.15) is 0 Å². The summed E-state index contributed by atoms with van der Waals surface area (Å²) in [5.74, 6) is 1.20. The molecule has 0 unspecified atom stereocenters. The van der Waals surface area contributed by atoms with Crippen LogP contribution in [0.2, 0.25) is 10.0 Å². The van der Waals surface area contributed by atoms with E-state index in [9.17, 15) is 4.79 Å². The molecule has 8 heteroatoms. The Balaban J connectivity index is 1.81. The van der Waals surface area contributed by atoms with E-state index in [1.165, 1.54) is 11.8 Å². The van der Waals surface area contributed by atoms with Crippen molar-refractivity contribution < 1.29 is 14.3 Å². The highest BCUT2D eigenvalue weighted by molar-refractivity contribution is 8.18. The fourth-order valence-corrected chi connectivity index (χ4v) is 4.41. The summed E-state index contributed by atoms with van der Waals surface area (Å²) in [5.41, 5.74) is 1.76. The number of halogens is 2. The number of benzene rings is 2. The second kappa shape index (κ2) is 10.9. The topological polar surface area (TPSA) is 51.1 Å². The monoisotopic (exact) mass is 478 g/mol. The molecule has 0 N–H and O–H groups in total. The highest BCUT2D eigenvalue weighted by Gasteiger charge is 2.31. The van der Waals surface area contributed by atoms with E-state index in [4.69, 9.17) is 32.7 Å². The van der Waals surface area contributed by atoms with Gasteiger partial charge in [-0.25, -0.2) is 0 Å². The van der Waals surface area contributed by atoms with Crippen LogP contribution < -0.4 is 9.47 Å². The number of rotatable bonds is 8. The molecule has 3 rings (SSSR count). The maximum atomic E-state index is 12.7. The molecule has 0 radical (unpaired) electrons. The molecule has 0 aliphatic carbocycles. The van der Waals surface area contributed by atoms with Gasteiger partial charge in [0.05, 0.1) is 21.6 Å². The Kier molecular flexibility index (Phi) is 8.29. The Morgan fingerprint density at radius 3 is 2.52 bits per heavy atom. The number of aliphatic imine (C=N–C) groups is 1. The summed E-state index contributed by atoms with van der Waals surface area (Å²) in [5, 5.41) is 1.74. The van der Waals surface area contributed by atoms with Gasteiger partial charge in [0.15, 0.2) is 16.7 Å². The summed E-state index contributed by atoms with van der Waals surface area (Å²) in [6.45, 7) is 7.86. The zero-order valence-corrected chi connectivity index (χ0v) is 20.0. The van der Waals surface area contributed by atoms with E-state index in [0.29, 0.717) is 52.8 Å². The molecule has 1 amide bonds. The maximum Gasteiger partial charge on any atom is 0.266 e. The van der Waals surface area contributed by atoms with Crippen LogP contribution in [0.25, 0.3) is 6.08 Å². The number of carbonyl (C=O) groups is 1. The highest BCUT2D eigenvalue weighted by atomic mass is 35.5. The van der Waals surface area contributed by atoms with Crippen molar-refractivity contribution in [3.63, 3.8) is 0 Å². The van der Waals surface area contributed by atoms with Crippen LogP contribution in [0, 0.1) is 0 Å². The summed E-state index contributed by atoms with van der Waals surface area (Å²) < 4.78 is 11.7. The summed E-state index contributed by atoms with van der Waals surface area (Å²) in [7, 11) is 0. The number of thioether (sulfide) groups is 1. The van der Waals surface area contributed by atoms with Crippen molar-refractivity contribution >= 4 is 52.1 Å². The van der Waals surface area contributed by atoms with Crippen molar-refractivity contribution in [2.75, 3.05) is 19.7 Å². The third kappa shape index (κ3) is 5.76. The molecule has 1 aliphatic heterocycles. The zero-order chi connectivity index (χ0) is 22.4. The Labute approximate surface area is 197 Å². The largest absolute Gasteiger partial charge is 0.490 e. The average molecular weight is 479 g/mol. The number of amides is 1. The van der Waals surface area contributed by atoms with E-state index in [0.717, 1.165) is 16.3 Å². The lowest BCUT2D eigenvalue weighted by Crippen LogP contribution is -2.28. The van der Waals surface area contributed by atoms with Crippen molar-refractivity contribution in [2.45, 2.75) is 27.4 Å². The number of likely N-dealkylation sites (N-methyl/N-ethyl adjacent to an activating group) is 1. The van der Waals surface area contributed by atoms with Crippen LogP contribution >= 0.6 is 35.0 Å². The third-order valence-electron chi connectivity index (χ3n) is 4.44. The van der Waals surface area contributed by atoms with Crippen molar-refractivity contribution in [1.29, 1.82) is 0 Å². The Morgan fingerprint density at radius 2 is 1.84 bits per heavy atom. The van der Waals surface area contributed by atoms with Gasteiger partial charge in [0, 0.05) is 13.1 Å². The molecule has 164 valence electrons. The number of ether oxygens (including phenoxy) is 2. The van der Waals surface area contributed by atoms with Gasteiger partial charge in [-0.15, -0.1) is 0 Å². The van der Waals surface area contributed by atoms with E-state index in [1.54, 1.807) is 17.0 Å². The molecular formula is C23H24Cl2N2O3S. The minimum Gasteiger partial charge on any atom is -0.490 e. The summed E-state index contributed by atoms with van der Waals surface area (Å²) in [6.07, 6.45) is 1.86. The van der Waals surface area contributed by atoms with Gasteiger partial charge in [0.1, 0.15) is 6.61 Å². The fraction of sp³-hybridized carbons (Fsp3) is 0.304. The summed E-state index contributed by atoms with van der Waals surface area (Å²) in [4.78, 5) is 19.5. The van der Waals surface area contributed by atoms with E-state index in [-0.39, 0.29) is 5.91 Å². The first-order valence-electron chi connectivity index (χ1n) is 10.1. The van der Waals surface area contributed by atoms with Crippen molar-refractivity contribution in [2.24, 2.45) is 4.99 Å². The van der Waals surface area contributed by atoms with Crippen LogP contribution in [-0.4, -0.2) is 35.7 Å². The van der Waals surface area contributed by atoms with Gasteiger partial charge in [0.2, 0.25) is 0 Å². The molecule has 2 aromatic rings. The van der Waals surface area contributed by atoms with E-state index < -0.39 is 0 Å². The Hall–Kier alpha value is -2.15. The smallest absolute Gasteiger partial charge is 0.266 e. The third-order valence-corrected chi connectivity index (χ3v) is 6.22. The molecule has 2 aromatic carbocycles. The standard InChI is InChI=1S/C23H24Cl2N2O3S/c1-4-26-23-27(5-2)22(28)21(31-23)13-15-8-10-19(20(12-15)29-6-3)30-14-16-7-9-17(24)18(25)11-16/h7-13H,4-6,14H2,1-3H3/b21-13+,26-23?. The fourth-order valence-electron chi connectivity index (χ4n) is 2.98. The molecule has 1 saturated heterocycles. The van der Waals surface area contributed by atoms with Crippen LogP contribution in [0.3, 0.4) is 0 Å². The van der Waals surface area contributed by atoms with Gasteiger partial charge in [-0.3, -0.25) is 14.7 Å². The molecule has 1 aliphatic rings. The van der Waals surface area contributed by atoms with Crippen molar-refractivity contribution in [3.8, 4) is 11.5 Å². The van der Waals surface area contributed by atoms with Crippen molar-refractivity contribution in [3.05, 3.63) is 62.5 Å². The first kappa shape index (κ1) is 23.5. The lowest BCUT2D eigenvalue weighted by atomic mass is 10.1. The first-order chi connectivity index (χ1) is 15.0. The molecule has 0 saturated carbocycles. The second-order valence-electron chi connectivity index (χ2n) is 6.59. The number of hydrogen-bond donors (Lipinski definition) is 0. The van der Waals surface area contributed by atoms with Crippen LogP contribution in [0.4, 0.5) is 0 Å². The van der Waals surface area contributed by atoms with Gasteiger partial charge in [-0.1, -0.05) is 35.3 Å². The molecule has 5 nitrogen and oxygen atoms in total.